The molecular formula is C23H28N2O4. The lowest BCUT2D eigenvalue weighted by Gasteiger charge is -2.35. The van der Waals surface area contributed by atoms with Gasteiger partial charge in [-0.25, -0.2) is 0 Å². The Morgan fingerprint density at radius 3 is 2.38 bits per heavy atom. The van der Waals surface area contributed by atoms with Gasteiger partial charge in [0.1, 0.15) is 6.29 Å². The lowest BCUT2D eigenvalue weighted by Crippen LogP contribution is -2.45. The molecule has 0 spiro atoms. The predicted octanol–water partition coefficient (Wildman–Crippen LogP) is 3.51. The topological polar surface area (TPSA) is 67.9 Å². The Kier molecular flexibility index (Phi) is 6.23. The maximum absolute atomic E-state index is 12.6. The highest BCUT2D eigenvalue weighted by atomic mass is 16.5. The van der Waals surface area contributed by atoms with E-state index in [1.807, 2.05) is 38.4 Å². The number of nitrogens with zero attached hydrogens (tertiary/aromatic N) is 1. The zero-order chi connectivity index (χ0) is 21.0. The van der Waals surface area contributed by atoms with Gasteiger partial charge < -0.3 is 24.5 Å². The fourth-order valence-electron chi connectivity index (χ4n) is 4.32. The third kappa shape index (κ3) is 3.98. The average Bonchev–Trinajstić information content (AvgIpc) is 3.19. The smallest absolute Gasteiger partial charge is 0.255 e. The molecule has 0 aromatic heterocycles. The first kappa shape index (κ1) is 20.9. The molecule has 1 aliphatic carbocycles. The van der Waals surface area contributed by atoms with Crippen molar-refractivity contribution >= 4 is 17.9 Å². The van der Waals surface area contributed by atoms with E-state index < -0.39 is 5.41 Å². The van der Waals surface area contributed by atoms with Crippen LogP contribution in [0.5, 0.6) is 11.5 Å². The van der Waals surface area contributed by atoms with Crippen LogP contribution < -0.4 is 14.8 Å². The molecule has 6 nitrogen and oxygen atoms in total. The van der Waals surface area contributed by atoms with E-state index in [-0.39, 0.29) is 11.9 Å². The summed E-state index contributed by atoms with van der Waals surface area (Å²) in [7, 11) is 7.12. The van der Waals surface area contributed by atoms with Crippen molar-refractivity contribution in [2.75, 3.05) is 33.6 Å². The second kappa shape index (κ2) is 8.66. The van der Waals surface area contributed by atoms with Gasteiger partial charge in [-0.3, -0.25) is 4.79 Å². The molecule has 1 amide bonds. The number of likely N-dealkylation sites (N-methyl/N-ethyl adjacent to an activating group) is 1. The van der Waals surface area contributed by atoms with Crippen LogP contribution in [0.2, 0.25) is 0 Å². The van der Waals surface area contributed by atoms with E-state index in [1.165, 1.54) is 7.11 Å². The Morgan fingerprint density at radius 2 is 1.79 bits per heavy atom. The summed E-state index contributed by atoms with van der Waals surface area (Å²) in [5, 5.41) is 2.90. The number of ether oxygens (including phenoxy) is 2. The molecule has 0 radical (unpaired) electrons. The number of hydrogen-bond acceptors (Lipinski definition) is 5. The Morgan fingerprint density at radius 1 is 1.10 bits per heavy atom. The van der Waals surface area contributed by atoms with Crippen molar-refractivity contribution in [2.45, 2.75) is 30.7 Å². The standard InChI is InChI=1S/C23H28N2O4/c1-25(2)21-6-5-13-23(21,15-26)17-8-10-18(11-9-17)24-22(27)16-7-12-19(28-3)20(14-16)29-4/h7-12,14-15,21H,5-6,13H2,1-4H3,(H,24,27). The van der Waals surface area contributed by atoms with E-state index in [1.54, 1.807) is 25.3 Å². The van der Waals surface area contributed by atoms with Crippen molar-refractivity contribution in [2.24, 2.45) is 0 Å². The highest BCUT2D eigenvalue weighted by Gasteiger charge is 2.45. The second-order valence-corrected chi connectivity index (χ2v) is 7.63. The number of hydrogen-bond donors (Lipinski definition) is 1. The molecule has 0 aliphatic heterocycles. The van der Waals surface area contributed by atoms with Crippen LogP contribution in [0.1, 0.15) is 35.2 Å². The number of aldehydes is 1. The van der Waals surface area contributed by atoms with E-state index >= 15 is 0 Å². The summed E-state index contributed by atoms with van der Waals surface area (Å²) in [5.74, 6) is 0.829. The molecule has 1 aliphatic rings. The van der Waals surface area contributed by atoms with E-state index in [0.717, 1.165) is 31.1 Å². The lowest BCUT2D eigenvalue weighted by atomic mass is 9.76. The molecule has 154 valence electrons. The van der Waals surface area contributed by atoms with Gasteiger partial charge in [-0.1, -0.05) is 18.6 Å². The molecule has 0 saturated heterocycles. The minimum Gasteiger partial charge on any atom is -0.493 e. The van der Waals surface area contributed by atoms with E-state index in [0.29, 0.717) is 22.7 Å². The van der Waals surface area contributed by atoms with Crippen LogP contribution in [0.15, 0.2) is 42.5 Å². The van der Waals surface area contributed by atoms with Gasteiger partial charge in [-0.15, -0.1) is 0 Å². The number of benzene rings is 2. The van der Waals surface area contributed by atoms with E-state index in [2.05, 4.69) is 10.2 Å². The average molecular weight is 396 g/mol. The van der Waals surface area contributed by atoms with Crippen LogP contribution >= 0.6 is 0 Å². The van der Waals surface area contributed by atoms with Crippen LogP contribution in [0.4, 0.5) is 5.69 Å². The third-order valence-electron chi connectivity index (χ3n) is 5.82. The number of anilines is 1. The summed E-state index contributed by atoms with van der Waals surface area (Å²) in [6.07, 6.45) is 3.97. The van der Waals surface area contributed by atoms with Gasteiger partial charge in [-0.2, -0.15) is 0 Å². The number of rotatable bonds is 7. The van der Waals surface area contributed by atoms with Gasteiger partial charge in [0, 0.05) is 17.3 Å². The van der Waals surface area contributed by atoms with Gasteiger partial charge in [0.05, 0.1) is 19.6 Å². The van der Waals surface area contributed by atoms with Gasteiger partial charge >= 0.3 is 0 Å². The molecule has 2 aromatic carbocycles. The van der Waals surface area contributed by atoms with Crippen LogP contribution in [-0.4, -0.2) is 51.5 Å². The highest BCUT2D eigenvalue weighted by molar-refractivity contribution is 6.04. The molecule has 29 heavy (non-hydrogen) atoms. The molecule has 3 rings (SSSR count). The monoisotopic (exact) mass is 396 g/mol. The number of nitrogens with one attached hydrogen (secondary N) is 1. The summed E-state index contributed by atoms with van der Waals surface area (Å²) in [6, 6.07) is 12.8. The normalized spacial score (nSPS) is 21.1. The first-order chi connectivity index (χ1) is 13.9. The summed E-state index contributed by atoms with van der Waals surface area (Å²) in [6.45, 7) is 0. The molecule has 2 unspecified atom stereocenters. The van der Waals surface area contributed by atoms with Crippen molar-refractivity contribution in [3.05, 3.63) is 53.6 Å². The second-order valence-electron chi connectivity index (χ2n) is 7.63. The van der Waals surface area contributed by atoms with Crippen LogP contribution in [0.25, 0.3) is 0 Å². The van der Waals surface area contributed by atoms with Crippen molar-refractivity contribution in [3.8, 4) is 11.5 Å². The maximum Gasteiger partial charge on any atom is 0.255 e. The summed E-state index contributed by atoms with van der Waals surface area (Å²) >= 11 is 0. The Bertz CT molecular complexity index is 879. The zero-order valence-corrected chi connectivity index (χ0v) is 17.4. The number of carbonyl (C=O) groups excluding carboxylic acids is 2. The molecule has 1 N–H and O–H groups in total. The number of carbonyl (C=O) groups is 2. The minimum absolute atomic E-state index is 0.187. The SMILES string of the molecule is COc1ccc(C(=O)Nc2ccc(C3(C=O)CCCC3N(C)C)cc2)cc1OC. The minimum atomic E-state index is -0.491. The van der Waals surface area contributed by atoms with Crippen molar-refractivity contribution in [3.63, 3.8) is 0 Å². The molecule has 6 heteroatoms. The largest absolute Gasteiger partial charge is 0.493 e. The molecule has 0 bridgehead atoms. The quantitative estimate of drug-likeness (QED) is 0.726. The maximum atomic E-state index is 12.6. The fraction of sp³-hybridized carbons (Fsp3) is 0.391. The summed E-state index contributed by atoms with van der Waals surface area (Å²) < 4.78 is 10.5. The van der Waals surface area contributed by atoms with Gasteiger partial charge in [0.2, 0.25) is 0 Å². The van der Waals surface area contributed by atoms with Crippen LogP contribution in [0, 0.1) is 0 Å². The van der Waals surface area contributed by atoms with Gasteiger partial charge in [0.25, 0.3) is 5.91 Å². The van der Waals surface area contributed by atoms with Crippen molar-refractivity contribution < 1.29 is 19.1 Å². The van der Waals surface area contributed by atoms with E-state index in [4.69, 9.17) is 9.47 Å². The Balaban J connectivity index is 1.79. The Labute approximate surface area is 171 Å². The fourth-order valence-corrected chi connectivity index (χ4v) is 4.32. The first-order valence-electron chi connectivity index (χ1n) is 9.72. The number of amides is 1. The van der Waals surface area contributed by atoms with Gasteiger partial charge in [-0.05, 0) is 62.8 Å². The van der Waals surface area contributed by atoms with Crippen molar-refractivity contribution in [1.82, 2.24) is 4.90 Å². The van der Waals surface area contributed by atoms with Gasteiger partial charge in [0.15, 0.2) is 11.5 Å². The first-order valence-corrected chi connectivity index (χ1v) is 9.72. The molecule has 1 saturated carbocycles. The lowest BCUT2D eigenvalue weighted by molar-refractivity contribution is -0.114. The third-order valence-corrected chi connectivity index (χ3v) is 5.82. The molecular weight excluding hydrogens is 368 g/mol. The summed E-state index contributed by atoms with van der Waals surface area (Å²) in [4.78, 5) is 26.8. The van der Waals surface area contributed by atoms with E-state index in [9.17, 15) is 9.59 Å². The molecule has 0 heterocycles. The van der Waals surface area contributed by atoms with Crippen LogP contribution in [-0.2, 0) is 10.2 Å². The summed E-state index contributed by atoms with van der Waals surface area (Å²) in [5.41, 5.74) is 1.65. The van der Waals surface area contributed by atoms with Crippen molar-refractivity contribution in [1.29, 1.82) is 0 Å². The Hall–Kier alpha value is -2.86. The molecule has 2 aromatic rings. The zero-order valence-electron chi connectivity index (χ0n) is 17.4. The highest BCUT2D eigenvalue weighted by Crippen LogP contribution is 2.42. The predicted molar refractivity (Wildman–Crippen MR) is 113 cm³/mol. The number of methoxy groups -OCH3 is 2. The molecule has 2 atom stereocenters. The van der Waals surface area contributed by atoms with Crippen LogP contribution in [0.3, 0.4) is 0 Å². The molecule has 1 fully saturated rings.